The second kappa shape index (κ2) is 9.49. The van der Waals surface area contributed by atoms with Crippen LogP contribution in [0.5, 0.6) is 0 Å². The molecule has 154 valence electrons. The number of nitrogens with zero attached hydrogens (tertiary/aromatic N) is 5. The summed E-state index contributed by atoms with van der Waals surface area (Å²) < 4.78 is 0. The van der Waals surface area contributed by atoms with E-state index in [1.165, 1.54) is 0 Å². The molecule has 1 aliphatic heterocycles. The van der Waals surface area contributed by atoms with E-state index in [2.05, 4.69) is 16.8 Å². The Labute approximate surface area is 172 Å². The van der Waals surface area contributed by atoms with Crippen molar-refractivity contribution < 1.29 is 9.59 Å². The Kier molecular flexibility index (Phi) is 6.80. The summed E-state index contributed by atoms with van der Waals surface area (Å²) in [6.45, 7) is 7.08. The number of aromatic nitrogens is 2. The lowest BCUT2D eigenvalue weighted by Gasteiger charge is -2.35. The molecule has 1 saturated heterocycles. The molecule has 0 saturated carbocycles. The molecule has 2 aromatic rings. The zero-order valence-corrected chi connectivity index (χ0v) is 17.5. The lowest BCUT2D eigenvalue weighted by molar-refractivity contribution is -0.129. The van der Waals surface area contributed by atoms with Crippen LogP contribution in [-0.2, 0) is 4.79 Å². The van der Waals surface area contributed by atoms with Crippen molar-refractivity contribution >= 4 is 17.6 Å². The van der Waals surface area contributed by atoms with Gasteiger partial charge in [0, 0.05) is 58.3 Å². The smallest absolute Gasteiger partial charge is 0.272 e. The molecule has 1 aliphatic rings. The van der Waals surface area contributed by atoms with E-state index in [0.29, 0.717) is 44.2 Å². The predicted molar refractivity (Wildman–Crippen MR) is 114 cm³/mol. The first-order valence-corrected chi connectivity index (χ1v) is 10.2. The highest BCUT2D eigenvalue weighted by Crippen LogP contribution is 2.22. The highest BCUT2D eigenvalue weighted by molar-refractivity contribution is 5.93. The third-order valence-corrected chi connectivity index (χ3v) is 5.21. The van der Waals surface area contributed by atoms with Crippen LogP contribution < -0.4 is 4.90 Å². The Bertz CT molecular complexity index is 848. The van der Waals surface area contributed by atoms with E-state index in [1.807, 2.05) is 42.3 Å². The van der Waals surface area contributed by atoms with Crippen molar-refractivity contribution in [3.8, 4) is 11.4 Å². The Morgan fingerprint density at radius 3 is 2.38 bits per heavy atom. The van der Waals surface area contributed by atoms with E-state index < -0.39 is 0 Å². The van der Waals surface area contributed by atoms with Gasteiger partial charge < -0.3 is 14.7 Å². The Morgan fingerprint density at radius 2 is 1.76 bits per heavy atom. The molecule has 0 spiro atoms. The minimum Gasteiger partial charge on any atom is -0.353 e. The molecule has 2 amide bonds. The van der Waals surface area contributed by atoms with Gasteiger partial charge in [-0.1, -0.05) is 43.7 Å². The molecule has 0 atom stereocenters. The fraction of sp³-hybridized carbons (Fsp3) is 0.455. The Morgan fingerprint density at radius 1 is 1.07 bits per heavy atom. The summed E-state index contributed by atoms with van der Waals surface area (Å²) >= 11 is 0. The number of piperazine rings is 1. The summed E-state index contributed by atoms with van der Waals surface area (Å²) in [7, 11) is 1.81. The van der Waals surface area contributed by atoms with E-state index in [0.717, 1.165) is 24.2 Å². The predicted octanol–water partition coefficient (Wildman–Crippen LogP) is 2.68. The van der Waals surface area contributed by atoms with Crippen LogP contribution >= 0.6 is 0 Å². The number of carbonyl (C=O) groups is 2. The SMILES string of the molecule is CCCCN(C)C(=O)c1cc(N2CCN(C(C)=O)CC2)nc(-c2ccccc2)n1. The van der Waals surface area contributed by atoms with E-state index in [4.69, 9.17) is 4.98 Å². The van der Waals surface area contributed by atoms with Gasteiger partial charge in [-0.2, -0.15) is 0 Å². The van der Waals surface area contributed by atoms with E-state index in [9.17, 15) is 9.59 Å². The van der Waals surface area contributed by atoms with Crippen LogP contribution in [0, 0.1) is 0 Å². The fourth-order valence-electron chi connectivity index (χ4n) is 3.37. The molecule has 0 aliphatic carbocycles. The first kappa shape index (κ1) is 20.8. The van der Waals surface area contributed by atoms with E-state index in [1.54, 1.807) is 17.9 Å². The molecule has 1 fully saturated rings. The molecule has 3 rings (SSSR count). The average molecular weight is 396 g/mol. The molecule has 1 aromatic carbocycles. The maximum Gasteiger partial charge on any atom is 0.272 e. The molecule has 0 bridgehead atoms. The first-order chi connectivity index (χ1) is 14.0. The van der Waals surface area contributed by atoms with Crippen molar-refractivity contribution in [2.75, 3.05) is 44.7 Å². The fourth-order valence-corrected chi connectivity index (χ4v) is 3.37. The van der Waals surface area contributed by atoms with Gasteiger partial charge in [0.05, 0.1) is 0 Å². The second-order valence-electron chi connectivity index (χ2n) is 7.37. The summed E-state index contributed by atoms with van der Waals surface area (Å²) in [5.41, 5.74) is 1.28. The van der Waals surface area contributed by atoms with Crippen LogP contribution in [0.2, 0.25) is 0 Å². The van der Waals surface area contributed by atoms with E-state index >= 15 is 0 Å². The van der Waals surface area contributed by atoms with Crippen molar-refractivity contribution in [1.82, 2.24) is 19.8 Å². The Balaban J connectivity index is 1.91. The lowest BCUT2D eigenvalue weighted by atomic mass is 10.2. The average Bonchev–Trinajstić information content (AvgIpc) is 2.77. The van der Waals surface area contributed by atoms with Crippen molar-refractivity contribution in [2.45, 2.75) is 26.7 Å². The van der Waals surface area contributed by atoms with Crippen molar-refractivity contribution in [3.63, 3.8) is 0 Å². The Hall–Kier alpha value is -2.96. The van der Waals surface area contributed by atoms with Crippen molar-refractivity contribution in [3.05, 3.63) is 42.1 Å². The highest BCUT2D eigenvalue weighted by Gasteiger charge is 2.23. The lowest BCUT2D eigenvalue weighted by Crippen LogP contribution is -2.48. The van der Waals surface area contributed by atoms with Crippen LogP contribution in [0.3, 0.4) is 0 Å². The molecule has 0 N–H and O–H groups in total. The number of rotatable bonds is 6. The summed E-state index contributed by atoms with van der Waals surface area (Å²) in [6, 6.07) is 11.5. The summed E-state index contributed by atoms with van der Waals surface area (Å²) in [4.78, 5) is 39.6. The number of unbranched alkanes of at least 4 members (excludes halogenated alkanes) is 1. The summed E-state index contributed by atoms with van der Waals surface area (Å²) in [6.07, 6.45) is 1.99. The maximum absolute atomic E-state index is 13.0. The van der Waals surface area contributed by atoms with Gasteiger partial charge >= 0.3 is 0 Å². The van der Waals surface area contributed by atoms with Crippen molar-refractivity contribution in [2.24, 2.45) is 0 Å². The van der Waals surface area contributed by atoms with Gasteiger partial charge in [0.1, 0.15) is 11.5 Å². The zero-order chi connectivity index (χ0) is 20.8. The second-order valence-corrected chi connectivity index (χ2v) is 7.37. The number of anilines is 1. The molecule has 29 heavy (non-hydrogen) atoms. The number of hydrogen-bond donors (Lipinski definition) is 0. The van der Waals surface area contributed by atoms with Gasteiger partial charge in [0.15, 0.2) is 5.82 Å². The topological polar surface area (TPSA) is 69.6 Å². The van der Waals surface area contributed by atoms with Crippen LogP contribution in [0.4, 0.5) is 5.82 Å². The van der Waals surface area contributed by atoms with Crippen molar-refractivity contribution in [1.29, 1.82) is 0 Å². The molecule has 2 heterocycles. The van der Waals surface area contributed by atoms with Crippen LogP contribution in [-0.4, -0.2) is 71.4 Å². The minimum atomic E-state index is -0.0957. The highest BCUT2D eigenvalue weighted by atomic mass is 16.2. The number of amides is 2. The molecule has 7 heteroatoms. The number of benzene rings is 1. The summed E-state index contributed by atoms with van der Waals surface area (Å²) in [5, 5.41) is 0. The normalized spacial score (nSPS) is 14.0. The van der Waals surface area contributed by atoms with Gasteiger partial charge in [-0.25, -0.2) is 9.97 Å². The van der Waals surface area contributed by atoms with Gasteiger partial charge in [0.2, 0.25) is 5.91 Å². The van der Waals surface area contributed by atoms with Gasteiger partial charge in [-0.15, -0.1) is 0 Å². The van der Waals surface area contributed by atoms with E-state index in [-0.39, 0.29) is 11.8 Å². The molecule has 0 unspecified atom stereocenters. The first-order valence-electron chi connectivity index (χ1n) is 10.2. The quantitative estimate of drug-likeness (QED) is 0.752. The third-order valence-electron chi connectivity index (χ3n) is 5.21. The van der Waals surface area contributed by atoms with Crippen LogP contribution in [0.15, 0.2) is 36.4 Å². The summed E-state index contributed by atoms with van der Waals surface area (Å²) in [5.74, 6) is 1.27. The monoisotopic (exact) mass is 395 g/mol. The molecule has 1 aromatic heterocycles. The molecule has 0 radical (unpaired) electrons. The van der Waals surface area contributed by atoms with Crippen LogP contribution in [0.25, 0.3) is 11.4 Å². The van der Waals surface area contributed by atoms with Gasteiger partial charge in [0.25, 0.3) is 5.91 Å². The van der Waals surface area contributed by atoms with Gasteiger partial charge in [-0.05, 0) is 6.42 Å². The standard InChI is InChI=1S/C22H29N5O2/c1-4-5-11-25(3)22(29)19-16-20(27-14-12-26(13-15-27)17(2)28)24-21(23-19)18-9-7-6-8-10-18/h6-10,16H,4-5,11-15H2,1-3H3. The molecular weight excluding hydrogens is 366 g/mol. The number of carbonyl (C=O) groups excluding carboxylic acids is 2. The molecular formula is C22H29N5O2. The molecule has 7 nitrogen and oxygen atoms in total. The van der Waals surface area contributed by atoms with Gasteiger partial charge in [-0.3, -0.25) is 9.59 Å². The maximum atomic E-state index is 13.0. The third kappa shape index (κ3) is 5.10. The minimum absolute atomic E-state index is 0.0886. The zero-order valence-electron chi connectivity index (χ0n) is 17.5. The van der Waals surface area contributed by atoms with Crippen LogP contribution in [0.1, 0.15) is 37.2 Å². The largest absolute Gasteiger partial charge is 0.353 e. The number of hydrogen-bond acceptors (Lipinski definition) is 5.